The minimum Gasteiger partial charge on any atom is -0.298 e. The van der Waals surface area contributed by atoms with Crippen molar-refractivity contribution in [1.82, 2.24) is 14.8 Å². The molecule has 122 valence electrons. The highest BCUT2D eigenvalue weighted by Crippen LogP contribution is 2.32. The molecule has 0 saturated carbocycles. The van der Waals surface area contributed by atoms with Gasteiger partial charge in [0.25, 0.3) is 0 Å². The molecule has 2 aromatic rings. The first-order chi connectivity index (χ1) is 11.2. The summed E-state index contributed by atoms with van der Waals surface area (Å²) in [5.41, 5.74) is 2.30. The van der Waals surface area contributed by atoms with Gasteiger partial charge in [0, 0.05) is 44.6 Å². The molecule has 0 amide bonds. The number of hydrogen-bond donors (Lipinski definition) is 0. The Labute approximate surface area is 140 Å². The van der Waals surface area contributed by atoms with Gasteiger partial charge in [0.1, 0.15) is 5.82 Å². The number of aryl methyl sites for hydroxylation is 1. The molecule has 5 heteroatoms. The predicted molar refractivity (Wildman–Crippen MR) is 90.8 cm³/mol. The third-order valence-electron chi connectivity index (χ3n) is 4.98. The highest BCUT2D eigenvalue weighted by Gasteiger charge is 2.39. The van der Waals surface area contributed by atoms with Crippen LogP contribution in [0.4, 0.5) is 4.39 Å². The molecular weight excluding hydrogens is 309 g/mol. The zero-order valence-corrected chi connectivity index (χ0v) is 14.2. The van der Waals surface area contributed by atoms with E-state index in [9.17, 15) is 4.39 Å². The molecule has 2 saturated heterocycles. The summed E-state index contributed by atoms with van der Waals surface area (Å²) in [5.74, 6) is 1.37. The number of hydrogen-bond acceptors (Lipinski definition) is 4. The average Bonchev–Trinajstić information content (AvgIpc) is 3.14. The van der Waals surface area contributed by atoms with Crippen molar-refractivity contribution >= 4 is 11.3 Å². The number of likely N-dealkylation sites (tertiary alicyclic amines) is 2. The van der Waals surface area contributed by atoms with Gasteiger partial charge in [0.2, 0.25) is 0 Å². The summed E-state index contributed by atoms with van der Waals surface area (Å²) >= 11 is 1.74. The van der Waals surface area contributed by atoms with E-state index in [2.05, 4.69) is 27.1 Å². The van der Waals surface area contributed by atoms with Gasteiger partial charge < -0.3 is 0 Å². The van der Waals surface area contributed by atoms with Gasteiger partial charge >= 0.3 is 0 Å². The van der Waals surface area contributed by atoms with Crippen LogP contribution in [-0.4, -0.2) is 41.0 Å². The van der Waals surface area contributed by atoms with Gasteiger partial charge in [0.05, 0.1) is 10.7 Å². The second-order valence-corrected chi connectivity index (χ2v) is 7.96. The maximum Gasteiger partial charge on any atom is 0.123 e. The Bertz CT molecular complexity index is 672. The number of fused-ring (bicyclic) bond motifs is 1. The molecule has 2 fully saturated rings. The summed E-state index contributed by atoms with van der Waals surface area (Å²) in [6, 6.07) is 7.00. The van der Waals surface area contributed by atoms with Crippen LogP contribution in [0.1, 0.15) is 16.3 Å². The largest absolute Gasteiger partial charge is 0.298 e. The molecule has 3 heterocycles. The van der Waals surface area contributed by atoms with Crippen LogP contribution in [-0.2, 0) is 13.1 Å². The second-order valence-electron chi connectivity index (χ2n) is 6.90. The van der Waals surface area contributed by atoms with Crippen LogP contribution in [0.15, 0.2) is 29.6 Å². The van der Waals surface area contributed by atoms with Crippen LogP contribution in [0, 0.1) is 24.6 Å². The Morgan fingerprint density at radius 2 is 1.83 bits per heavy atom. The molecule has 1 aromatic heterocycles. The molecule has 3 nitrogen and oxygen atoms in total. The first-order valence-corrected chi connectivity index (χ1v) is 9.14. The lowest BCUT2D eigenvalue weighted by atomic mass is 10.0. The van der Waals surface area contributed by atoms with Crippen LogP contribution >= 0.6 is 11.3 Å². The lowest BCUT2D eigenvalue weighted by molar-refractivity contribution is 0.245. The van der Waals surface area contributed by atoms with Gasteiger partial charge in [-0.25, -0.2) is 9.37 Å². The molecule has 2 aliphatic rings. The third kappa shape index (κ3) is 3.47. The summed E-state index contributed by atoms with van der Waals surface area (Å²) < 4.78 is 13.3. The van der Waals surface area contributed by atoms with E-state index in [1.54, 1.807) is 23.5 Å². The van der Waals surface area contributed by atoms with Crippen LogP contribution in [0.25, 0.3) is 0 Å². The summed E-state index contributed by atoms with van der Waals surface area (Å²) in [6.07, 6.45) is 0. The van der Waals surface area contributed by atoms with Crippen LogP contribution in [0.3, 0.4) is 0 Å². The first kappa shape index (κ1) is 15.2. The summed E-state index contributed by atoms with van der Waals surface area (Å²) in [6.45, 7) is 8.53. The van der Waals surface area contributed by atoms with Gasteiger partial charge in [-0.1, -0.05) is 12.1 Å². The number of rotatable bonds is 4. The SMILES string of the molecule is Cc1nc(CN2C[C@@H]3CN(Cc4cccc(F)c4)C[C@H]3C2)cs1. The lowest BCUT2D eigenvalue weighted by Gasteiger charge is -2.21. The van der Waals surface area contributed by atoms with Crippen molar-refractivity contribution in [1.29, 1.82) is 0 Å². The molecule has 4 rings (SSSR count). The molecule has 2 aliphatic heterocycles. The third-order valence-corrected chi connectivity index (χ3v) is 5.81. The van der Waals surface area contributed by atoms with E-state index in [-0.39, 0.29) is 5.82 Å². The van der Waals surface area contributed by atoms with Crippen molar-refractivity contribution in [2.24, 2.45) is 11.8 Å². The molecule has 0 radical (unpaired) electrons. The van der Waals surface area contributed by atoms with E-state index in [4.69, 9.17) is 0 Å². The molecule has 23 heavy (non-hydrogen) atoms. The zero-order chi connectivity index (χ0) is 15.8. The minimum absolute atomic E-state index is 0.133. The maximum atomic E-state index is 13.3. The smallest absolute Gasteiger partial charge is 0.123 e. The first-order valence-electron chi connectivity index (χ1n) is 8.26. The van der Waals surface area contributed by atoms with E-state index >= 15 is 0 Å². The lowest BCUT2D eigenvalue weighted by Crippen LogP contribution is -2.28. The fourth-order valence-electron chi connectivity index (χ4n) is 4.05. The Kier molecular flexibility index (Phi) is 4.18. The van der Waals surface area contributed by atoms with Crippen molar-refractivity contribution in [2.45, 2.75) is 20.0 Å². The van der Waals surface area contributed by atoms with E-state index in [0.717, 1.165) is 48.6 Å². The molecule has 0 spiro atoms. The van der Waals surface area contributed by atoms with Gasteiger partial charge in [-0.15, -0.1) is 11.3 Å². The number of halogens is 1. The van der Waals surface area contributed by atoms with Gasteiger partial charge in [-0.2, -0.15) is 0 Å². The summed E-state index contributed by atoms with van der Waals surface area (Å²) in [4.78, 5) is 9.60. The fourth-order valence-corrected chi connectivity index (χ4v) is 4.65. The predicted octanol–water partition coefficient (Wildman–Crippen LogP) is 3.15. The van der Waals surface area contributed by atoms with Gasteiger partial charge in [0.15, 0.2) is 0 Å². The van der Waals surface area contributed by atoms with E-state index in [1.807, 2.05) is 6.07 Å². The fraction of sp³-hybridized carbons (Fsp3) is 0.500. The Morgan fingerprint density at radius 3 is 2.43 bits per heavy atom. The van der Waals surface area contributed by atoms with Crippen molar-refractivity contribution in [3.05, 3.63) is 51.7 Å². The minimum atomic E-state index is -0.133. The molecule has 1 aromatic carbocycles. The number of thiazole rings is 1. The van der Waals surface area contributed by atoms with E-state index in [0.29, 0.717) is 0 Å². The summed E-state index contributed by atoms with van der Waals surface area (Å²) in [5, 5.41) is 3.33. The van der Waals surface area contributed by atoms with E-state index in [1.165, 1.54) is 24.8 Å². The Hall–Kier alpha value is -1.30. The molecular formula is C18H22FN3S. The highest BCUT2D eigenvalue weighted by molar-refractivity contribution is 7.09. The van der Waals surface area contributed by atoms with Crippen LogP contribution < -0.4 is 0 Å². The van der Waals surface area contributed by atoms with Gasteiger partial charge in [-0.05, 0) is 36.5 Å². The Balaban J connectivity index is 1.31. The average molecular weight is 331 g/mol. The van der Waals surface area contributed by atoms with Crippen molar-refractivity contribution in [3.63, 3.8) is 0 Å². The molecule has 0 N–H and O–H groups in total. The standard InChI is InChI=1S/C18H22FN3S/c1-13-20-18(12-23-13)11-22-9-15-7-21(8-16(15)10-22)6-14-3-2-4-17(19)5-14/h2-5,12,15-16H,6-11H2,1H3/t15-,16-/m0/s1. The zero-order valence-electron chi connectivity index (χ0n) is 13.4. The number of aromatic nitrogens is 1. The maximum absolute atomic E-state index is 13.3. The summed E-state index contributed by atoms with van der Waals surface area (Å²) in [7, 11) is 0. The van der Waals surface area contributed by atoms with Gasteiger partial charge in [-0.3, -0.25) is 9.80 Å². The van der Waals surface area contributed by atoms with E-state index < -0.39 is 0 Å². The second kappa shape index (κ2) is 6.30. The quantitative estimate of drug-likeness (QED) is 0.858. The monoisotopic (exact) mass is 331 g/mol. The van der Waals surface area contributed by atoms with Crippen molar-refractivity contribution < 1.29 is 4.39 Å². The van der Waals surface area contributed by atoms with Crippen LogP contribution in [0.5, 0.6) is 0 Å². The molecule has 0 aliphatic carbocycles. The molecule has 0 bridgehead atoms. The normalized spacial score (nSPS) is 25.1. The topological polar surface area (TPSA) is 19.4 Å². The van der Waals surface area contributed by atoms with Crippen molar-refractivity contribution in [2.75, 3.05) is 26.2 Å². The molecule has 2 atom stereocenters. The molecule has 0 unspecified atom stereocenters. The Morgan fingerprint density at radius 1 is 1.13 bits per heavy atom. The van der Waals surface area contributed by atoms with Crippen LogP contribution in [0.2, 0.25) is 0 Å². The van der Waals surface area contributed by atoms with Crippen molar-refractivity contribution in [3.8, 4) is 0 Å². The number of nitrogens with zero attached hydrogens (tertiary/aromatic N) is 3. The number of benzene rings is 1. The highest BCUT2D eigenvalue weighted by atomic mass is 32.1.